The molecule has 0 aromatic carbocycles. The first-order valence-corrected chi connectivity index (χ1v) is 6.80. The fourth-order valence-electron chi connectivity index (χ4n) is 2.70. The lowest BCUT2D eigenvalue weighted by Crippen LogP contribution is -2.51. The third-order valence-corrected chi connectivity index (χ3v) is 4.45. The van der Waals surface area contributed by atoms with Crippen LogP contribution in [0.1, 0.15) is 25.7 Å². The zero-order chi connectivity index (χ0) is 10.7. The first-order chi connectivity index (χ1) is 7.31. The van der Waals surface area contributed by atoms with Crippen LogP contribution in [-0.4, -0.2) is 53.3 Å². The zero-order valence-corrected chi connectivity index (χ0v) is 10.7. The van der Waals surface area contributed by atoms with E-state index in [9.17, 15) is 4.79 Å². The fourth-order valence-corrected chi connectivity index (χ4v) is 3.11. The molecule has 0 amide bonds. The minimum absolute atomic E-state index is 0.0803. The van der Waals surface area contributed by atoms with Gasteiger partial charge in [-0.15, -0.1) is 0 Å². The number of alkyl halides is 1. The molecule has 0 N–H and O–H groups in total. The van der Waals surface area contributed by atoms with Crippen LogP contribution in [-0.2, 0) is 4.79 Å². The van der Waals surface area contributed by atoms with Gasteiger partial charge in [-0.1, -0.05) is 28.8 Å². The number of rotatable bonds is 3. The van der Waals surface area contributed by atoms with E-state index in [1.807, 2.05) is 0 Å². The summed E-state index contributed by atoms with van der Waals surface area (Å²) in [5, 5.41) is 0. The van der Waals surface area contributed by atoms with Crippen LogP contribution in [0.2, 0.25) is 0 Å². The predicted molar refractivity (Wildman–Crippen MR) is 64.2 cm³/mol. The second-order valence-corrected chi connectivity index (χ2v) is 5.46. The summed E-state index contributed by atoms with van der Waals surface area (Å²) in [5.74, 6) is 0. The minimum Gasteiger partial charge on any atom is -0.301 e. The number of carbonyl (C=O) groups excluding carboxylic acids is 1. The molecule has 0 aromatic heterocycles. The van der Waals surface area contributed by atoms with Crippen LogP contribution < -0.4 is 0 Å². The lowest BCUT2D eigenvalue weighted by atomic mass is 10.2. The van der Waals surface area contributed by atoms with Crippen LogP contribution in [0.3, 0.4) is 0 Å². The molecule has 4 heteroatoms. The standard InChI is InChI=1S/C11H19BrN2O/c12-11(9-15)14-7-5-13(6-8-14)10-3-1-2-4-10/h9-11H,1-8H2. The smallest absolute Gasteiger partial charge is 0.148 e. The second kappa shape index (κ2) is 5.41. The maximum atomic E-state index is 10.6. The van der Waals surface area contributed by atoms with Gasteiger partial charge in [0.1, 0.15) is 11.2 Å². The van der Waals surface area contributed by atoms with Crippen LogP contribution in [0.15, 0.2) is 0 Å². The van der Waals surface area contributed by atoms with Crippen LogP contribution in [0.5, 0.6) is 0 Å². The highest BCUT2D eigenvalue weighted by atomic mass is 79.9. The van der Waals surface area contributed by atoms with Crippen LogP contribution in [0, 0.1) is 0 Å². The molecule has 0 radical (unpaired) electrons. The van der Waals surface area contributed by atoms with Crippen LogP contribution >= 0.6 is 15.9 Å². The van der Waals surface area contributed by atoms with Gasteiger partial charge in [0.25, 0.3) is 0 Å². The highest BCUT2D eigenvalue weighted by molar-refractivity contribution is 9.09. The van der Waals surface area contributed by atoms with Crippen molar-refractivity contribution in [2.24, 2.45) is 0 Å². The van der Waals surface area contributed by atoms with Crippen LogP contribution in [0.25, 0.3) is 0 Å². The minimum atomic E-state index is -0.0803. The van der Waals surface area contributed by atoms with Crippen molar-refractivity contribution in [1.29, 1.82) is 0 Å². The van der Waals surface area contributed by atoms with E-state index in [0.717, 1.165) is 38.5 Å². The lowest BCUT2D eigenvalue weighted by molar-refractivity contribution is -0.110. The summed E-state index contributed by atoms with van der Waals surface area (Å²) in [6, 6.07) is 0.831. The fraction of sp³-hybridized carbons (Fsp3) is 0.909. The van der Waals surface area contributed by atoms with Gasteiger partial charge < -0.3 is 4.79 Å². The van der Waals surface area contributed by atoms with Crippen molar-refractivity contribution in [3.8, 4) is 0 Å². The van der Waals surface area contributed by atoms with Crippen molar-refractivity contribution in [3.63, 3.8) is 0 Å². The number of halogens is 1. The first-order valence-electron chi connectivity index (χ1n) is 5.89. The molecule has 1 saturated heterocycles. The molecule has 3 nitrogen and oxygen atoms in total. The monoisotopic (exact) mass is 274 g/mol. The Morgan fingerprint density at radius 3 is 2.27 bits per heavy atom. The molecule has 0 spiro atoms. The van der Waals surface area contributed by atoms with Gasteiger partial charge in [0.15, 0.2) is 0 Å². The SMILES string of the molecule is O=CC(Br)N1CCN(C2CCCC2)CC1. The normalized spacial score (nSPS) is 28.1. The molecule has 1 aliphatic carbocycles. The van der Waals surface area contributed by atoms with E-state index >= 15 is 0 Å². The van der Waals surface area contributed by atoms with Crippen molar-refractivity contribution in [3.05, 3.63) is 0 Å². The molecule has 1 aliphatic heterocycles. The Labute approximate surface area is 99.9 Å². The third kappa shape index (κ3) is 2.80. The molecular weight excluding hydrogens is 256 g/mol. The Morgan fingerprint density at radius 2 is 1.73 bits per heavy atom. The van der Waals surface area contributed by atoms with E-state index in [0.29, 0.717) is 0 Å². The van der Waals surface area contributed by atoms with Crippen LogP contribution in [0.4, 0.5) is 0 Å². The molecule has 0 bridgehead atoms. The van der Waals surface area contributed by atoms with Gasteiger partial charge in [-0.25, -0.2) is 0 Å². The zero-order valence-electron chi connectivity index (χ0n) is 9.07. The molecule has 1 unspecified atom stereocenters. The summed E-state index contributed by atoms with van der Waals surface area (Å²) in [5.41, 5.74) is 0. The van der Waals surface area contributed by atoms with Gasteiger partial charge in [-0.2, -0.15) is 0 Å². The van der Waals surface area contributed by atoms with E-state index in [-0.39, 0.29) is 4.95 Å². The van der Waals surface area contributed by atoms with Gasteiger partial charge in [-0.3, -0.25) is 9.80 Å². The predicted octanol–water partition coefficient (Wildman–Crippen LogP) is 1.47. The number of piperazine rings is 1. The van der Waals surface area contributed by atoms with E-state index in [1.165, 1.54) is 25.7 Å². The molecule has 1 saturated carbocycles. The highest BCUT2D eigenvalue weighted by Gasteiger charge is 2.27. The van der Waals surface area contributed by atoms with Crippen molar-refractivity contribution in [2.45, 2.75) is 36.7 Å². The molecular formula is C11H19BrN2O. The summed E-state index contributed by atoms with van der Waals surface area (Å²) < 4.78 is 0. The average Bonchev–Trinajstić information content (AvgIpc) is 2.82. The summed E-state index contributed by atoms with van der Waals surface area (Å²) in [6.45, 7) is 4.29. The molecule has 86 valence electrons. The van der Waals surface area contributed by atoms with Crippen molar-refractivity contribution in [2.75, 3.05) is 26.2 Å². The third-order valence-electron chi connectivity index (χ3n) is 3.65. The molecule has 2 rings (SSSR count). The van der Waals surface area contributed by atoms with Gasteiger partial charge in [0, 0.05) is 32.2 Å². The molecule has 15 heavy (non-hydrogen) atoms. The van der Waals surface area contributed by atoms with Gasteiger partial charge in [-0.05, 0) is 12.8 Å². The molecule has 1 heterocycles. The van der Waals surface area contributed by atoms with E-state index < -0.39 is 0 Å². The van der Waals surface area contributed by atoms with Gasteiger partial charge in [0.05, 0.1) is 0 Å². The molecule has 1 atom stereocenters. The average molecular weight is 275 g/mol. The topological polar surface area (TPSA) is 23.6 Å². The summed E-state index contributed by atoms with van der Waals surface area (Å²) >= 11 is 3.38. The Bertz CT molecular complexity index is 211. The van der Waals surface area contributed by atoms with Gasteiger partial charge >= 0.3 is 0 Å². The number of hydrogen-bond donors (Lipinski definition) is 0. The summed E-state index contributed by atoms with van der Waals surface area (Å²) in [7, 11) is 0. The Morgan fingerprint density at radius 1 is 1.13 bits per heavy atom. The quantitative estimate of drug-likeness (QED) is 0.442. The largest absolute Gasteiger partial charge is 0.301 e. The number of aldehydes is 1. The molecule has 0 aromatic rings. The summed E-state index contributed by atoms with van der Waals surface area (Å²) in [4.78, 5) is 15.4. The van der Waals surface area contributed by atoms with Crippen molar-refractivity contribution in [1.82, 2.24) is 9.80 Å². The Hall–Kier alpha value is 0.0700. The van der Waals surface area contributed by atoms with Gasteiger partial charge in [0.2, 0.25) is 0 Å². The Balaban J connectivity index is 1.78. The number of carbonyl (C=O) groups is 1. The highest BCUT2D eigenvalue weighted by Crippen LogP contribution is 2.24. The van der Waals surface area contributed by atoms with Crippen molar-refractivity contribution < 1.29 is 4.79 Å². The summed E-state index contributed by atoms with van der Waals surface area (Å²) in [6.07, 6.45) is 6.54. The maximum Gasteiger partial charge on any atom is 0.148 e. The Kier molecular flexibility index (Phi) is 4.17. The lowest BCUT2D eigenvalue weighted by Gasteiger charge is -2.38. The molecule has 2 aliphatic rings. The maximum absolute atomic E-state index is 10.6. The van der Waals surface area contributed by atoms with E-state index in [2.05, 4.69) is 25.7 Å². The van der Waals surface area contributed by atoms with E-state index in [1.54, 1.807) is 0 Å². The number of hydrogen-bond acceptors (Lipinski definition) is 3. The molecule has 2 fully saturated rings. The van der Waals surface area contributed by atoms with E-state index in [4.69, 9.17) is 0 Å². The number of nitrogens with zero attached hydrogens (tertiary/aromatic N) is 2. The van der Waals surface area contributed by atoms with Crippen molar-refractivity contribution >= 4 is 22.2 Å². The first kappa shape index (κ1) is 11.6. The second-order valence-electron chi connectivity index (χ2n) is 4.52.